The van der Waals surface area contributed by atoms with Gasteiger partial charge in [-0.2, -0.15) is 0 Å². The second-order valence-electron chi connectivity index (χ2n) is 8.03. The molecule has 1 N–H and O–H groups in total. The molecule has 2 saturated carbocycles. The molecule has 23 heavy (non-hydrogen) atoms. The van der Waals surface area contributed by atoms with Gasteiger partial charge in [0.25, 0.3) is 0 Å². The maximum absolute atomic E-state index is 11.9. The lowest BCUT2D eigenvalue weighted by Gasteiger charge is -2.57. The molecule has 0 heterocycles. The molecule has 0 bridgehead atoms. The Morgan fingerprint density at radius 2 is 2.09 bits per heavy atom. The van der Waals surface area contributed by atoms with E-state index in [0.717, 1.165) is 56.8 Å². The molecule has 0 spiro atoms. The number of hydrogen-bond acceptors (Lipinski definition) is 2. The first kappa shape index (κ1) is 18.0. The number of allylic oxidation sites excluding steroid dienone is 3. The number of carboxylic acid groups (broad SMARTS) is 1. The molecule has 0 aromatic heterocycles. The van der Waals surface area contributed by atoms with Crippen molar-refractivity contribution < 1.29 is 14.7 Å². The van der Waals surface area contributed by atoms with Crippen molar-refractivity contribution in [1.82, 2.24) is 0 Å². The van der Waals surface area contributed by atoms with Crippen molar-refractivity contribution >= 4 is 12.3 Å². The Morgan fingerprint density at radius 1 is 1.39 bits per heavy atom. The fourth-order valence-electron chi connectivity index (χ4n) is 5.26. The Bertz CT molecular complexity index is 533. The third kappa shape index (κ3) is 3.15. The molecule has 2 rings (SSSR count). The summed E-state index contributed by atoms with van der Waals surface area (Å²) in [5, 5.41) is 9.81. The van der Waals surface area contributed by atoms with Gasteiger partial charge in [-0.05, 0) is 75.2 Å². The SMILES string of the molecule is C=C1CC[C@H]2[C@@](C)(CCC[C@@]2(C)C(=O)O)[C@@H]1CC/C=C(\C)C=O. The van der Waals surface area contributed by atoms with Crippen molar-refractivity contribution in [3.05, 3.63) is 23.8 Å². The zero-order valence-corrected chi connectivity index (χ0v) is 14.7. The summed E-state index contributed by atoms with van der Waals surface area (Å²) in [5.41, 5.74) is 1.45. The van der Waals surface area contributed by atoms with Crippen LogP contribution in [0.4, 0.5) is 0 Å². The predicted octanol–water partition coefficient (Wildman–Crippen LogP) is 4.78. The highest BCUT2D eigenvalue weighted by atomic mass is 16.4. The van der Waals surface area contributed by atoms with E-state index in [-0.39, 0.29) is 11.3 Å². The molecule has 0 aliphatic heterocycles. The predicted molar refractivity (Wildman–Crippen MR) is 92.1 cm³/mol. The average molecular weight is 318 g/mol. The van der Waals surface area contributed by atoms with Gasteiger partial charge in [-0.15, -0.1) is 0 Å². The first-order valence-corrected chi connectivity index (χ1v) is 8.78. The number of carboxylic acids is 1. The lowest BCUT2D eigenvalue weighted by atomic mass is 9.46. The molecule has 0 aromatic carbocycles. The van der Waals surface area contributed by atoms with Crippen LogP contribution in [0.2, 0.25) is 0 Å². The van der Waals surface area contributed by atoms with E-state index in [2.05, 4.69) is 13.5 Å². The van der Waals surface area contributed by atoms with Crippen molar-refractivity contribution in [1.29, 1.82) is 0 Å². The Hall–Kier alpha value is -1.38. The maximum Gasteiger partial charge on any atom is 0.309 e. The second kappa shape index (κ2) is 6.62. The summed E-state index contributed by atoms with van der Waals surface area (Å²) in [5.74, 6) is -0.0693. The standard InChI is InChI=1S/C20H30O3/c1-14(13-21)7-5-8-16-15(2)9-10-17-19(16,3)11-6-12-20(17,4)18(22)23/h7,13,16-17H,2,5-6,8-12H2,1,3-4H3,(H,22,23)/b14-7+/t16-,17+,19+,20-/m1/s1. The largest absolute Gasteiger partial charge is 0.481 e. The van der Waals surface area contributed by atoms with Gasteiger partial charge in [0.15, 0.2) is 0 Å². The van der Waals surface area contributed by atoms with Crippen LogP contribution in [0.3, 0.4) is 0 Å². The molecule has 128 valence electrons. The molecule has 0 amide bonds. The molecule has 0 saturated heterocycles. The van der Waals surface area contributed by atoms with Gasteiger partial charge in [0.05, 0.1) is 5.41 Å². The van der Waals surface area contributed by atoms with Gasteiger partial charge < -0.3 is 5.11 Å². The monoisotopic (exact) mass is 318 g/mol. The van der Waals surface area contributed by atoms with E-state index < -0.39 is 11.4 Å². The Morgan fingerprint density at radius 3 is 2.70 bits per heavy atom. The van der Waals surface area contributed by atoms with Crippen LogP contribution < -0.4 is 0 Å². The Labute approximate surface area is 139 Å². The Kier molecular flexibility index (Phi) is 5.17. The minimum atomic E-state index is -0.642. The van der Waals surface area contributed by atoms with Crippen molar-refractivity contribution in [2.24, 2.45) is 22.7 Å². The molecule has 4 atom stereocenters. The van der Waals surface area contributed by atoms with Crippen LogP contribution in [0.25, 0.3) is 0 Å². The van der Waals surface area contributed by atoms with Crippen LogP contribution in [-0.4, -0.2) is 17.4 Å². The number of carbonyl (C=O) groups is 2. The molecule has 0 unspecified atom stereocenters. The van der Waals surface area contributed by atoms with Crippen LogP contribution in [0.5, 0.6) is 0 Å². The van der Waals surface area contributed by atoms with E-state index in [1.807, 2.05) is 19.9 Å². The van der Waals surface area contributed by atoms with E-state index in [0.29, 0.717) is 5.92 Å². The van der Waals surface area contributed by atoms with Crippen LogP contribution in [-0.2, 0) is 9.59 Å². The number of carbonyl (C=O) groups excluding carboxylic acids is 1. The smallest absolute Gasteiger partial charge is 0.309 e. The molecule has 2 fully saturated rings. The van der Waals surface area contributed by atoms with Crippen LogP contribution in [0.1, 0.15) is 65.7 Å². The second-order valence-corrected chi connectivity index (χ2v) is 8.03. The third-order valence-corrected chi connectivity index (χ3v) is 6.62. The van der Waals surface area contributed by atoms with E-state index in [1.54, 1.807) is 0 Å². The molecule has 2 aliphatic carbocycles. The van der Waals surface area contributed by atoms with Crippen molar-refractivity contribution in [3.63, 3.8) is 0 Å². The van der Waals surface area contributed by atoms with Crippen molar-refractivity contribution in [2.75, 3.05) is 0 Å². The molecule has 3 nitrogen and oxygen atoms in total. The van der Waals surface area contributed by atoms with Crippen LogP contribution in [0.15, 0.2) is 23.8 Å². The van der Waals surface area contributed by atoms with Gasteiger partial charge in [0.1, 0.15) is 6.29 Å². The fourth-order valence-corrected chi connectivity index (χ4v) is 5.26. The molecular weight excluding hydrogens is 288 g/mol. The number of aliphatic carboxylic acids is 1. The summed E-state index contributed by atoms with van der Waals surface area (Å²) >= 11 is 0. The summed E-state index contributed by atoms with van der Waals surface area (Å²) in [7, 11) is 0. The van der Waals surface area contributed by atoms with Gasteiger partial charge in [-0.1, -0.05) is 31.6 Å². The lowest BCUT2D eigenvalue weighted by molar-refractivity contribution is -0.164. The number of fused-ring (bicyclic) bond motifs is 1. The highest BCUT2D eigenvalue weighted by molar-refractivity contribution is 5.75. The quantitative estimate of drug-likeness (QED) is 0.451. The zero-order chi connectivity index (χ0) is 17.3. The van der Waals surface area contributed by atoms with E-state index >= 15 is 0 Å². The summed E-state index contributed by atoms with van der Waals surface area (Å²) in [4.78, 5) is 22.7. The summed E-state index contributed by atoms with van der Waals surface area (Å²) in [6.07, 6.45) is 9.43. The summed E-state index contributed by atoms with van der Waals surface area (Å²) in [6, 6.07) is 0. The van der Waals surface area contributed by atoms with Crippen molar-refractivity contribution in [3.8, 4) is 0 Å². The van der Waals surface area contributed by atoms with Gasteiger partial charge in [-0.3, -0.25) is 9.59 Å². The highest BCUT2D eigenvalue weighted by Gasteiger charge is 2.57. The topological polar surface area (TPSA) is 54.4 Å². The summed E-state index contributed by atoms with van der Waals surface area (Å²) in [6.45, 7) is 10.4. The fraction of sp³-hybridized carbons (Fsp3) is 0.700. The molecule has 2 aliphatic rings. The van der Waals surface area contributed by atoms with E-state index in [1.165, 1.54) is 5.57 Å². The number of rotatable bonds is 5. The lowest BCUT2D eigenvalue weighted by Crippen LogP contribution is -2.53. The normalized spacial score (nSPS) is 38.0. The third-order valence-electron chi connectivity index (χ3n) is 6.62. The maximum atomic E-state index is 11.9. The minimum Gasteiger partial charge on any atom is -0.481 e. The highest BCUT2D eigenvalue weighted by Crippen LogP contribution is 2.61. The van der Waals surface area contributed by atoms with Crippen molar-refractivity contribution in [2.45, 2.75) is 65.7 Å². The van der Waals surface area contributed by atoms with Gasteiger partial charge in [0.2, 0.25) is 0 Å². The molecule has 3 heteroatoms. The number of hydrogen-bond donors (Lipinski definition) is 1. The Balaban J connectivity index is 2.26. The van der Waals surface area contributed by atoms with E-state index in [4.69, 9.17) is 0 Å². The first-order valence-electron chi connectivity index (χ1n) is 8.78. The van der Waals surface area contributed by atoms with E-state index in [9.17, 15) is 14.7 Å². The van der Waals surface area contributed by atoms with Gasteiger partial charge >= 0.3 is 5.97 Å². The molecular formula is C20H30O3. The zero-order valence-electron chi connectivity index (χ0n) is 14.7. The van der Waals surface area contributed by atoms with Gasteiger partial charge in [0, 0.05) is 0 Å². The minimum absolute atomic E-state index is 0.0175. The number of aldehydes is 1. The molecule has 0 aromatic rings. The van der Waals surface area contributed by atoms with Gasteiger partial charge in [-0.25, -0.2) is 0 Å². The van der Waals surface area contributed by atoms with Crippen LogP contribution >= 0.6 is 0 Å². The summed E-state index contributed by atoms with van der Waals surface area (Å²) < 4.78 is 0. The average Bonchev–Trinajstić information content (AvgIpc) is 2.49. The molecule has 0 radical (unpaired) electrons. The van der Waals surface area contributed by atoms with Crippen LogP contribution in [0, 0.1) is 22.7 Å². The first-order chi connectivity index (χ1) is 10.8.